The molecule has 122 valence electrons. The Kier molecular flexibility index (Phi) is 8.96. The van der Waals surface area contributed by atoms with E-state index >= 15 is 0 Å². The van der Waals surface area contributed by atoms with Crippen LogP contribution in [0.25, 0.3) is 0 Å². The number of amides is 1. The molecule has 0 aromatic carbocycles. The molecule has 7 nitrogen and oxygen atoms in total. The summed E-state index contributed by atoms with van der Waals surface area (Å²) in [4.78, 5) is 27.3. The molecule has 21 heavy (non-hydrogen) atoms. The lowest BCUT2D eigenvalue weighted by Gasteiger charge is -2.30. The fourth-order valence-corrected chi connectivity index (χ4v) is 2.12. The second kappa shape index (κ2) is 10.5. The van der Waals surface area contributed by atoms with Gasteiger partial charge in [-0.2, -0.15) is 0 Å². The molecule has 0 radical (unpaired) electrons. The highest BCUT2D eigenvalue weighted by Crippen LogP contribution is 2.00. The summed E-state index contributed by atoms with van der Waals surface area (Å²) in [6.07, 6.45) is 0.215. The van der Waals surface area contributed by atoms with Crippen LogP contribution in [0, 0.1) is 0 Å². The van der Waals surface area contributed by atoms with E-state index in [-0.39, 0.29) is 24.9 Å². The SMILES string of the molecule is CCOC(=O)CCN(CCN1CCOCC1)C(=O)COC. The summed E-state index contributed by atoms with van der Waals surface area (Å²) in [7, 11) is 1.49. The molecule has 1 fully saturated rings. The average Bonchev–Trinajstić information content (AvgIpc) is 2.48. The Hall–Kier alpha value is -1.18. The lowest BCUT2D eigenvalue weighted by atomic mass is 10.3. The summed E-state index contributed by atoms with van der Waals surface area (Å²) in [5.41, 5.74) is 0. The predicted octanol–water partition coefficient (Wildman–Crippen LogP) is -0.253. The van der Waals surface area contributed by atoms with Crippen LogP contribution in [0.2, 0.25) is 0 Å². The second-order valence-electron chi connectivity index (χ2n) is 4.82. The fourth-order valence-electron chi connectivity index (χ4n) is 2.12. The van der Waals surface area contributed by atoms with Gasteiger partial charge in [0.1, 0.15) is 6.61 Å². The van der Waals surface area contributed by atoms with Crippen molar-refractivity contribution in [2.24, 2.45) is 0 Å². The van der Waals surface area contributed by atoms with Crippen molar-refractivity contribution in [2.75, 3.05) is 66.3 Å². The van der Waals surface area contributed by atoms with Gasteiger partial charge in [0.2, 0.25) is 5.91 Å². The molecule has 0 atom stereocenters. The van der Waals surface area contributed by atoms with Gasteiger partial charge in [-0.15, -0.1) is 0 Å². The van der Waals surface area contributed by atoms with E-state index < -0.39 is 0 Å². The van der Waals surface area contributed by atoms with Crippen LogP contribution in [0.1, 0.15) is 13.3 Å². The Morgan fingerprint density at radius 3 is 2.57 bits per heavy atom. The molecule has 1 aliphatic rings. The van der Waals surface area contributed by atoms with Crippen molar-refractivity contribution in [3.05, 3.63) is 0 Å². The third-order valence-electron chi connectivity index (χ3n) is 3.30. The average molecular weight is 302 g/mol. The first kappa shape index (κ1) is 17.9. The van der Waals surface area contributed by atoms with E-state index in [9.17, 15) is 9.59 Å². The molecule has 0 spiro atoms. The Balaban J connectivity index is 2.39. The van der Waals surface area contributed by atoms with Gasteiger partial charge in [0.25, 0.3) is 0 Å². The topological polar surface area (TPSA) is 68.3 Å². The Morgan fingerprint density at radius 2 is 1.95 bits per heavy atom. The van der Waals surface area contributed by atoms with E-state index in [4.69, 9.17) is 14.2 Å². The smallest absolute Gasteiger partial charge is 0.307 e. The van der Waals surface area contributed by atoms with Crippen molar-refractivity contribution >= 4 is 11.9 Å². The highest BCUT2D eigenvalue weighted by atomic mass is 16.5. The van der Waals surface area contributed by atoms with Gasteiger partial charge >= 0.3 is 5.97 Å². The molecule has 0 aromatic heterocycles. The molecule has 1 amide bonds. The van der Waals surface area contributed by atoms with Gasteiger partial charge in [-0.05, 0) is 6.92 Å². The first-order valence-corrected chi connectivity index (χ1v) is 7.39. The van der Waals surface area contributed by atoms with Crippen LogP contribution in [0.15, 0.2) is 0 Å². The third-order valence-corrected chi connectivity index (χ3v) is 3.30. The zero-order valence-electron chi connectivity index (χ0n) is 13.0. The van der Waals surface area contributed by atoms with Gasteiger partial charge in [-0.3, -0.25) is 14.5 Å². The Labute approximate surface area is 126 Å². The number of ether oxygens (including phenoxy) is 3. The molecule has 1 rings (SSSR count). The largest absolute Gasteiger partial charge is 0.466 e. The summed E-state index contributed by atoms with van der Waals surface area (Å²) in [5, 5.41) is 0. The summed E-state index contributed by atoms with van der Waals surface area (Å²) in [6.45, 7) is 7.11. The quantitative estimate of drug-likeness (QED) is 0.547. The molecular formula is C14H26N2O5. The maximum Gasteiger partial charge on any atom is 0.307 e. The van der Waals surface area contributed by atoms with Crippen LogP contribution in [-0.4, -0.2) is 87.9 Å². The monoisotopic (exact) mass is 302 g/mol. The lowest BCUT2D eigenvalue weighted by Crippen LogP contribution is -2.44. The van der Waals surface area contributed by atoms with Gasteiger partial charge < -0.3 is 19.1 Å². The molecular weight excluding hydrogens is 276 g/mol. The maximum absolute atomic E-state index is 12.0. The minimum Gasteiger partial charge on any atom is -0.466 e. The molecule has 0 aromatic rings. The van der Waals surface area contributed by atoms with Crippen molar-refractivity contribution in [1.82, 2.24) is 9.80 Å². The predicted molar refractivity (Wildman–Crippen MR) is 77.0 cm³/mol. The number of carbonyl (C=O) groups is 2. The second-order valence-corrected chi connectivity index (χ2v) is 4.82. The van der Waals surface area contributed by atoms with E-state index in [1.807, 2.05) is 0 Å². The van der Waals surface area contributed by atoms with Crippen molar-refractivity contribution in [2.45, 2.75) is 13.3 Å². The molecule has 0 N–H and O–H groups in total. The van der Waals surface area contributed by atoms with E-state index in [1.54, 1.807) is 11.8 Å². The molecule has 0 saturated carbocycles. The Morgan fingerprint density at radius 1 is 1.24 bits per heavy atom. The molecule has 1 heterocycles. The van der Waals surface area contributed by atoms with Gasteiger partial charge in [-0.25, -0.2) is 0 Å². The van der Waals surface area contributed by atoms with Crippen molar-refractivity contribution in [3.8, 4) is 0 Å². The van der Waals surface area contributed by atoms with E-state index in [0.717, 1.165) is 32.8 Å². The number of morpholine rings is 1. The third kappa shape index (κ3) is 7.40. The number of methoxy groups -OCH3 is 1. The van der Waals surface area contributed by atoms with Crippen LogP contribution in [0.4, 0.5) is 0 Å². The van der Waals surface area contributed by atoms with E-state index in [2.05, 4.69) is 4.90 Å². The zero-order valence-corrected chi connectivity index (χ0v) is 13.0. The zero-order chi connectivity index (χ0) is 15.5. The number of esters is 1. The van der Waals surface area contributed by atoms with Crippen LogP contribution in [-0.2, 0) is 23.8 Å². The number of hydrogen-bond acceptors (Lipinski definition) is 6. The molecule has 7 heteroatoms. The summed E-state index contributed by atoms with van der Waals surface area (Å²) in [6, 6.07) is 0. The number of nitrogens with zero attached hydrogens (tertiary/aromatic N) is 2. The van der Waals surface area contributed by atoms with Crippen LogP contribution < -0.4 is 0 Å². The minimum atomic E-state index is -0.279. The lowest BCUT2D eigenvalue weighted by molar-refractivity contribution is -0.144. The maximum atomic E-state index is 12.0. The summed E-state index contributed by atoms with van der Waals surface area (Å²) >= 11 is 0. The number of hydrogen-bond donors (Lipinski definition) is 0. The molecule has 0 unspecified atom stereocenters. The summed E-state index contributed by atoms with van der Waals surface area (Å²) in [5.74, 6) is -0.380. The van der Waals surface area contributed by atoms with Crippen LogP contribution in [0.5, 0.6) is 0 Å². The standard InChI is InChI=1S/C14H26N2O5/c1-3-21-14(18)4-5-16(13(17)12-19-2)7-6-15-8-10-20-11-9-15/h3-12H2,1-2H3. The minimum absolute atomic E-state index is 0.0337. The molecule has 0 bridgehead atoms. The van der Waals surface area contributed by atoms with Crippen LogP contribution >= 0.6 is 0 Å². The van der Waals surface area contributed by atoms with Crippen molar-refractivity contribution in [1.29, 1.82) is 0 Å². The van der Waals surface area contributed by atoms with E-state index in [1.165, 1.54) is 7.11 Å². The van der Waals surface area contributed by atoms with Gasteiger partial charge in [0.15, 0.2) is 0 Å². The number of rotatable bonds is 9. The molecule has 0 aliphatic carbocycles. The normalized spacial score (nSPS) is 15.7. The molecule has 1 saturated heterocycles. The first-order chi connectivity index (χ1) is 10.2. The summed E-state index contributed by atoms with van der Waals surface area (Å²) < 4.78 is 15.1. The highest BCUT2D eigenvalue weighted by molar-refractivity contribution is 5.78. The molecule has 1 aliphatic heterocycles. The first-order valence-electron chi connectivity index (χ1n) is 7.39. The van der Waals surface area contributed by atoms with Gasteiger partial charge in [0, 0.05) is 39.8 Å². The fraction of sp³-hybridized carbons (Fsp3) is 0.857. The van der Waals surface area contributed by atoms with Gasteiger partial charge in [-0.1, -0.05) is 0 Å². The highest BCUT2D eigenvalue weighted by Gasteiger charge is 2.17. The number of carbonyl (C=O) groups excluding carboxylic acids is 2. The Bertz CT molecular complexity index is 318. The van der Waals surface area contributed by atoms with Crippen molar-refractivity contribution in [3.63, 3.8) is 0 Å². The van der Waals surface area contributed by atoms with E-state index in [0.29, 0.717) is 19.7 Å². The van der Waals surface area contributed by atoms with Gasteiger partial charge in [0.05, 0.1) is 26.2 Å². The van der Waals surface area contributed by atoms with Crippen LogP contribution in [0.3, 0.4) is 0 Å². The van der Waals surface area contributed by atoms with Crippen molar-refractivity contribution < 1.29 is 23.8 Å².